The fourth-order valence-corrected chi connectivity index (χ4v) is 3.93. The number of hydrogen-bond acceptors (Lipinski definition) is 5. The number of anilines is 1. The molecule has 0 radical (unpaired) electrons. The number of β-lactam (4-membered cyclic amide) rings is 1. The molecule has 1 fully saturated rings. The standard InChI is InChI=1S/C25H24ClNO5/c1-15-5-7-17(14-20(15)26)27-23(16-6-12-21(30-3)22(13-16)31-4)24(25(27)28)32-19-10-8-18(29-2)9-11-19/h5-14,23-24H,1-4H3/t23-,24-/m0/s1. The highest BCUT2D eigenvalue weighted by Gasteiger charge is 2.51. The number of halogens is 1. The summed E-state index contributed by atoms with van der Waals surface area (Å²) in [5.74, 6) is 2.33. The molecule has 0 saturated carbocycles. The van der Waals surface area contributed by atoms with Crippen LogP contribution in [0.5, 0.6) is 23.0 Å². The van der Waals surface area contributed by atoms with Gasteiger partial charge in [0.25, 0.3) is 5.91 Å². The van der Waals surface area contributed by atoms with Gasteiger partial charge in [-0.15, -0.1) is 0 Å². The molecule has 3 aromatic carbocycles. The van der Waals surface area contributed by atoms with Crippen molar-refractivity contribution in [2.45, 2.75) is 19.1 Å². The van der Waals surface area contributed by atoms with E-state index in [9.17, 15) is 4.79 Å². The number of amides is 1. The second kappa shape index (κ2) is 9.01. The lowest BCUT2D eigenvalue weighted by molar-refractivity contribution is -0.135. The van der Waals surface area contributed by atoms with Crippen molar-refractivity contribution < 1.29 is 23.7 Å². The molecular formula is C25H24ClNO5. The topological polar surface area (TPSA) is 57.2 Å². The van der Waals surface area contributed by atoms with Crippen molar-refractivity contribution in [3.8, 4) is 23.0 Å². The molecule has 1 saturated heterocycles. The molecule has 1 amide bonds. The van der Waals surface area contributed by atoms with E-state index in [1.54, 1.807) is 56.6 Å². The summed E-state index contributed by atoms with van der Waals surface area (Å²) in [7, 11) is 4.76. The zero-order chi connectivity index (χ0) is 22.8. The van der Waals surface area contributed by atoms with E-state index in [0.29, 0.717) is 33.7 Å². The van der Waals surface area contributed by atoms with E-state index in [1.807, 2.05) is 37.3 Å². The Morgan fingerprint density at radius 2 is 1.50 bits per heavy atom. The zero-order valence-corrected chi connectivity index (χ0v) is 19.1. The summed E-state index contributed by atoms with van der Waals surface area (Å²) in [6.07, 6.45) is -0.707. The SMILES string of the molecule is COc1ccc(O[C@@H]2C(=O)N(c3ccc(C)c(Cl)c3)[C@H]2c2ccc(OC)c(OC)c2)cc1. The fourth-order valence-electron chi connectivity index (χ4n) is 3.76. The van der Waals surface area contributed by atoms with Crippen molar-refractivity contribution in [3.05, 3.63) is 76.8 Å². The largest absolute Gasteiger partial charge is 0.497 e. The molecule has 7 heteroatoms. The Balaban J connectivity index is 1.72. The van der Waals surface area contributed by atoms with Gasteiger partial charge in [0.2, 0.25) is 6.10 Å². The fraction of sp³-hybridized carbons (Fsp3) is 0.240. The van der Waals surface area contributed by atoms with Gasteiger partial charge < -0.3 is 18.9 Å². The molecular weight excluding hydrogens is 430 g/mol. The van der Waals surface area contributed by atoms with E-state index < -0.39 is 6.10 Å². The van der Waals surface area contributed by atoms with Crippen LogP contribution in [0.2, 0.25) is 5.02 Å². The molecule has 0 spiro atoms. The molecule has 32 heavy (non-hydrogen) atoms. The third-order valence-corrected chi connectivity index (χ3v) is 5.96. The van der Waals surface area contributed by atoms with Crippen LogP contribution in [0.1, 0.15) is 17.2 Å². The number of aryl methyl sites for hydroxylation is 1. The zero-order valence-electron chi connectivity index (χ0n) is 18.3. The average Bonchev–Trinajstić information content (AvgIpc) is 2.82. The Morgan fingerprint density at radius 1 is 0.812 bits per heavy atom. The molecule has 0 bridgehead atoms. The number of nitrogens with zero attached hydrogens (tertiary/aromatic N) is 1. The van der Waals surface area contributed by atoms with Crippen LogP contribution < -0.4 is 23.8 Å². The molecule has 6 nitrogen and oxygen atoms in total. The van der Waals surface area contributed by atoms with Crippen LogP contribution in [-0.2, 0) is 4.79 Å². The quantitative estimate of drug-likeness (QED) is 0.460. The number of methoxy groups -OCH3 is 3. The highest BCUT2D eigenvalue weighted by Crippen LogP contribution is 2.44. The molecule has 1 aliphatic heterocycles. The van der Waals surface area contributed by atoms with E-state index in [0.717, 1.165) is 11.1 Å². The van der Waals surface area contributed by atoms with Gasteiger partial charge in [0.1, 0.15) is 17.5 Å². The van der Waals surface area contributed by atoms with Gasteiger partial charge in [0.15, 0.2) is 11.5 Å². The highest BCUT2D eigenvalue weighted by molar-refractivity contribution is 6.31. The first-order valence-corrected chi connectivity index (χ1v) is 10.5. The van der Waals surface area contributed by atoms with E-state index in [4.69, 9.17) is 30.5 Å². The highest BCUT2D eigenvalue weighted by atomic mass is 35.5. The summed E-state index contributed by atoms with van der Waals surface area (Å²) in [6, 6.07) is 17.9. The van der Waals surface area contributed by atoms with Crippen LogP contribution in [0.4, 0.5) is 5.69 Å². The van der Waals surface area contributed by atoms with Gasteiger partial charge in [-0.1, -0.05) is 23.7 Å². The van der Waals surface area contributed by atoms with Crippen molar-refractivity contribution >= 4 is 23.2 Å². The van der Waals surface area contributed by atoms with E-state index in [-0.39, 0.29) is 11.9 Å². The Morgan fingerprint density at radius 3 is 2.12 bits per heavy atom. The smallest absolute Gasteiger partial charge is 0.271 e. The average molecular weight is 454 g/mol. The maximum absolute atomic E-state index is 13.2. The molecule has 0 N–H and O–H groups in total. The van der Waals surface area contributed by atoms with E-state index in [1.165, 1.54) is 0 Å². The third-order valence-electron chi connectivity index (χ3n) is 5.55. The number of ether oxygens (including phenoxy) is 4. The minimum atomic E-state index is -0.707. The Kier molecular flexibility index (Phi) is 6.15. The van der Waals surface area contributed by atoms with Crippen LogP contribution in [0.25, 0.3) is 0 Å². The Labute approximate surface area is 192 Å². The first-order chi connectivity index (χ1) is 15.5. The first kappa shape index (κ1) is 21.8. The molecule has 2 atom stereocenters. The molecule has 0 aliphatic carbocycles. The number of benzene rings is 3. The normalized spacial score (nSPS) is 17.5. The maximum Gasteiger partial charge on any atom is 0.271 e. The van der Waals surface area contributed by atoms with Crippen molar-refractivity contribution in [1.82, 2.24) is 0 Å². The van der Waals surface area contributed by atoms with Crippen LogP contribution >= 0.6 is 11.6 Å². The molecule has 166 valence electrons. The van der Waals surface area contributed by atoms with E-state index in [2.05, 4.69) is 0 Å². The lowest BCUT2D eigenvalue weighted by Gasteiger charge is -2.46. The number of carbonyl (C=O) groups excluding carboxylic acids is 1. The number of hydrogen-bond donors (Lipinski definition) is 0. The number of rotatable bonds is 7. The van der Waals surface area contributed by atoms with E-state index >= 15 is 0 Å². The van der Waals surface area contributed by atoms with Gasteiger partial charge in [0, 0.05) is 10.7 Å². The molecule has 0 unspecified atom stereocenters. The molecule has 0 aromatic heterocycles. The van der Waals surface area contributed by atoms with Gasteiger partial charge >= 0.3 is 0 Å². The summed E-state index contributed by atoms with van der Waals surface area (Å²) in [5, 5.41) is 0.598. The van der Waals surface area contributed by atoms with Crippen LogP contribution in [0.3, 0.4) is 0 Å². The summed E-state index contributed by atoms with van der Waals surface area (Å²) < 4.78 is 22.1. The van der Waals surface area contributed by atoms with Crippen LogP contribution in [0.15, 0.2) is 60.7 Å². The second-order valence-electron chi connectivity index (χ2n) is 7.41. The lowest BCUT2D eigenvalue weighted by atomic mass is 9.89. The monoisotopic (exact) mass is 453 g/mol. The van der Waals surface area contributed by atoms with Gasteiger partial charge in [-0.3, -0.25) is 9.69 Å². The third kappa shape index (κ3) is 3.94. The Bertz CT molecular complexity index is 1130. The van der Waals surface area contributed by atoms with Crippen molar-refractivity contribution in [2.24, 2.45) is 0 Å². The molecule has 4 rings (SSSR count). The van der Waals surface area contributed by atoms with Gasteiger partial charge in [0.05, 0.1) is 21.3 Å². The van der Waals surface area contributed by atoms with Crippen LogP contribution in [-0.4, -0.2) is 33.3 Å². The Hall–Kier alpha value is -3.38. The van der Waals surface area contributed by atoms with Crippen molar-refractivity contribution in [3.63, 3.8) is 0 Å². The maximum atomic E-state index is 13.2. The summed E-state index contributed by atoms with van der Waals surface area (Å²) in [5.41, 5.74) is 2.51. The number of carbonyl (C=O) groups is 1. The van der Waals surface area contributed by atoms with Gasteiger partial charge in [-0.25, -0.2) is 0 Å². The minimum absolute atomic E-state index is 0.152. The molecule has 1 aliphatic rings. The summed E-state index contributed by atoms with van der Waals surface area (Å²) in [6.45, 7) is 1.92. The van der Waals surface area contributed by atoms with Crippen molar-refractivity contribution in [1.29, 1.82) is 0 Å². The summed E-state index contributed by atoms with van der Waals surface area (Å²) in [4.78, 5) is 14.9. The minimum Gasteiger partial charge on any atom is -0.497 e. The predicted octanol–water partition coefficient (Wildman–Crippen LogP) is 5.21. The van der Waals surface area contributed by atoms with Crippen LogP contribution in [0, 0.1) is 6.92 Å². The lowest BCUT2D eigenvalue weighted by Crippen LogP contribution is -2.61. The first-order valence-electron chi connectivity index (χ1n) is 10.1. The van der Waals surface area contributed by atoms with Gasteiger partial charge in [-0.05, 0) is 66.6 Å². The van der Waals surface area contributed by atoms with Gasteiger partial charge in [-0.2, -0.15) is 0 Å². The molecule has 1 heterocycles. The van der Waals surface area contributed by atoms with Crippen molar-refractivity contribution in [2.75, 3.05) is 26.2 Å². The summed E-state index contributed by atoms with van der Waals surface area (Å²) >= 11 is 6.34. The predicted molar refractivity (Wildman–Crippen MR) is 123 cm³/mol. The second-order valence-corrected chi connectivity index (χ2v) is 7.82. The molecule has 3 aromatic rings.